The number of hydrogen-bond acceptors (Lipinski definition) is 3. The molecule has 0 amide bonds. The minimum atomic E-state index is -2.85. The number of sulfone groups is 1. The zero-order valence-corrected chi connectivity index (χ0v) is 12.8. The largest absolute Gasteiger partial charge is 0.296 e. The van der Waals surface area contributed by atoms with E-state index in [-0.39, 0.29) is 5.75 Å². The highest BCUT2D eigenvalue weighted by atomic mass is 35.5. The third-order valence-corrected chi connectivity index (χ3v) is 4.86. The molecule has 0 bridgehead atoms. The van der Waals surface area contributed by atoms with Gasteiger partial charge < -0.3 is 0 Å². The van der Waals surface area contributed by atoms with Crippen molar-refractivity contribution in [2.75, 3.05) is 25.1 Å². The van der Waals surface area contributed by atoms with Crippen LogP contribution in [0.5, 0.6) is 0 Å². The molecule has 5 heteroatoms. The van der Waals surface area contributed by atoms with Gasteiger partial charge in [-0.1, -0.05) is 23.7 Å². The van der Waals surface area contributed by atoms with Gasteiger partial charge in [0.25, 0.3) is 0 Å². The van der Waals surface area contributed by atoms with E-state index in [0.717, 1.165) is 24.5 Å². The van der Waals surface area contributed by atoms with E-state index < -0.39 is 9.84 Å². The van der Waals surface area contributed by atoms with E-state index in [2.05, 4.69) is 17.0 Å². The molecule has 1 fully saturated rings. The Labute approximate surface area is 120 Å². The number of likely N-dealkylation sites (tertiary alicyclic amines) is 1. The van der Waals surface area contributed by atoms with Gasteiger partial charge in [0, 0.05) is 17.3 Å². The summed E-state index contributed by atoms with van der Waals surface area (Å²) in [6, 6.07) is 8.40. The third-order valence-electron chi connectivity index (χ3n) is 3.58. The molecule has 1 aliphatic rings. The second-order valence-corrected chi connectivity index (χ2v) is 7.93. The van der Waals surface area contributed by atoms with Gasteiger partial charge in [-0.15, -0.1) is 0 Å². The molecule has 0 unspecified atom stereocenters. The first kappa shape index (κ1) is 14.8. The van der Waals surface area contributed by atoms with Crippen LogP contribution in [0.25, 0.3) is 0 Å². The molecule has 0 N–H and O–H groups in total. The van der Waals surface area contributed by atoms with Crippen molar-refractivity contribution in [3.05, 3.63) is 34.9 Å². The molecule has 1 aromatic carbocycles. The molecule has 1 atom stereocenters. The molecule has 19 heavy (non-hydrogen) atoms. The van der Waals surface area contributed by atoms with Crippen LogP contribution in [0.3, 0.4) is 0 Å². The van der Waals surface area contributed by atoms with Gasteiger partial charge in [0.05, 0.1) is 5.75 Å². The number of benzene rings is 1. The molecule has 0 spiro atoms. The highest BCUT2D eigenvalue weighted by Gasteiger charge is 2.25. The van der Waals surface area contributed by atoms with Gasteiger partial charge in [-0.05, 0) is 50.0 Å². The van der Waals surface area contributed by atoms with Gasteiger partial charge in [0.15, 0.2) is 0 Å². The molecule has 0 aliphatic carbocycles. The molecule has 1 saturated heterocycles. The summed E-state index contributed by atoms with van der Waals surface area (Å²) < 4.78 is 22.3. The average molecular weight is 302 g/mol. The summed E-state index contributed by atoms with van der Waals surface area (Å²) in [6.07, 6.45) is 4.32. The van der Waals surface area contributed by atoms with Crippen molar-refractivity contribution in [1.29, 1.82) is 0 Å². The fourth-order valence-electron chi connectivity index (χ4n) is 2.69. The first-order valence-corrected chi connectivity index (χ1v) is 9.07. The topological polar surface area (TPSA) is 37.4 Å². The van der Waals surface area contributed by atoms with Crippen molar-refractivity contribution in [3.63, 3.8) is 0 Å². The van der Waals surface area contributed by atoms with Gasteiger partial charge in [-0.3, -0.25) is 4.90 Å². The van der Waals surface area contributed by atoms with E-state index in [1.807, 2.05) is 12.1 Å². The highest BCUT2D eigenvalue weighted by Crippen LogP contribution is 2.32. The van der Waals surface area contributed by atoms with Gasteiger partial charge in [0.1, 0.15) is 9.84 Å². The zero-order chi connectivity index (χ0) is 13.9. The van der Waals surface area contributed by atoms with Crippen LogP contribution < -0.4 is 0 Å². The zero-order valence-electron chi connectivity index (χ0n) is 11.2. The molecule has 2 rings (SSSR count). The summed E-state index contributed by atoms with van der Waals surface area (Å²) in [7, 11) is -2.85. The standard InChI is InChI=1S/C14H20ClNO2S/c1-19(17,18)11-3-10-16-9-2-4-14(16)12-5-7-13(15)8-6-12/h5-8,14H,2-4,9-11H2,1H3/t14-/m1/s1. The van der Waals surface area contributed by atoms with Crippen LogP contribution in [0.1, 0.15) is 30.9 Å². The maximum absolute atomic E-state index is 11.2. The van der Waals surface area contributed by atoms with Crippen LogP contribution in [0.15, 0.2) is 24.3 Å². The minimum Gasteiger partial charge on any atom is -0.296 e. The molecule has 1 heterocycles. The molecule has 0 radical (unpaired) electrons. The lowest BCUT2D eigenvalue weighted by Gasteiger charge is -2.24. The van der Waals surface area contributed by atoms with Crippen molar-refractivity contribution >= 4 is 21.4 Å². The molecule has 1 aliphatic heterocycles. The molecular formula is C14H20ClNO2S. The van der Waals surface area contributed by atoms with Crippen LogP contribution in [0.4, 0.5) is 0 Å². The van der Waals surface area contributed by atoms with Crippen LogP contribution in [-0.2, 0) is 9.84 Å². The summed E-state index contributed by atoms with van der Waals surface area (Å²) in [5.41, 5.74) is 1.28. The second-order valence-electron chi connectivity index (χ2n) is 5.23. The Kier molecular flexibility index (Phi) is 4.87. The molecule has 106 valence electrons. The molecule has 1 aromatic rings. The summed E-state index contributed by atoms with van der Waals surface area (Å²) in [5.74, 6) is 0.275. The number of rotatable bonds is 5. The van der Waals surface area contributed by atoms with Crippen LogP contribution in [-0.4, -0.2) is 38.4 Å². The number of hydrogen-bond donors (Lipinski definition) is 0. The van der Waals surface area contributed by atoms with Crippen molar-refractivity contribution in [1.82, 2.24) is 4.90 Å². The van der Waals surface area contributed by atoms with Crippen LogP contribution >= 0.6 is 11.6 Å². The van der Waals surface area contributed by atoms with Gasteiger partial charge in [0.2, 0.25) is 0 Å². The normalized spacial score (nSPS) is 20.8. The lowest BCUT2D eigenvalue weighted by atomic mass is 10.0. The highest BCUT2D eigenvalue weighted by molar-refractivity contribution is 7.90. The first-order valence-electron chi connectivity index (χ1n) is 6.63. The van der Waals surface area contributed by atoms with Crippen molar-refractivity contribution in [3.8, 4) is 0 Å². The lowest BCUT2D eigenvalue weighted by molar-refractivity contribution is 0.258. The fraction of sp³-hybridized carbons (Fsp3) is 0.571. The van der Waals surface area contributed by atoms with Gasteiger partial charge in [-0.25, -0.2) is 8.42 Å². The summed E-state index contributed by atoms with van der Waals surface area (Å²) in [5, 5.41) is 0.755. The van der Waals surface area contributed by atoms with E-state index in [0.29, 0.717) is 12.5 Å². The van der Waals surface area contributed by atoms with Gasteiger partial charge >= 0.3 is 0 Å². The quantitative estimate of drug-likeness (QED) is 0.839. The summed E-state index contributed by atoms with van der Waals surface area (Å²) in [6.45, 7) is 1.90. The summed E-state index contributed by atoms with van der Waals surface area (Å²) >= 11 is 5.91. The predicted octanol–water partition coefficient (Wildman–Crippen LogP) is 2.91. The third kappa shape index (κ3) is 4.48. The Bertz CT molecular complexity index is 513. The van der Waals surface area contributed by atoms with Gasteiger partial charge in [-0.2, -0.15) is 0 Å². The van der Waals surface area contributed by atoms with Crippen molar-refractivity contribution < 1.29 is 8.42 Å². The van der Waals surface area contributed by atoms with E-state index in [1.165, 1.54) is 18.2 Å². The van der Waals surface area contributed by atoms with Crippen molar-refractivity contribution in [2.24, 2.45) is 0 Å². The Hall–Kier alpha value is -0.580. The molecular weight excluding hydrogens is 282 g/mol. The van der Waals surface area contributed by atoms with Crippen molar-refractivity contribution in [2.45, 2.75) is 25.3 Å². The van der Waals surface area contributed by atoms with E-state index >= 15 is 0 Å². The minimum absolute atomic E-state index is 0.275. The predicted molar refractivity (Wildman–Crippen MR) is 79.3 cm³/mol. The lowest BCUT2D eigenvalue weighted by Crippen LogP contribution is -2.25. The van der Waals surface area contributed by atoms with Crippen LogP contribution in [0, 0.1) is 0 Å². The number of nitrogens with zero attached hydrogens (tertiary/aromatic N) is 1. The number of halogens is 1. The Morgan fingerprint density at radius 3 is 2.63 bits per heavy atom. The first-order chi connectivity index (χ1) is 8.96. The van der Waals surface area contributed by atoms with Crippen LogP contribution in [0.2, 0.25) is 5.02 Å². The SMILES string of the molecule is CS(=O)(=O)CCCN1CCC[C@@H]1c1ccc(Cl)cc1. The summed E-state index contributed by atoms with van der Waals surface area (Å²) in [4.78, 5) is 2.38. The fourth-order valence-corrected chi connectivity index (χ4v) is 3.47. The maximum atomic E-state index is 11.2. The van der Waals surface area contributed by atoms with E-state index in [9.17, 15) is 8.42 Å². The second kappa shape index (κ2) is 6.25. The smallest absolute Gasteiger partial charge is 0.147 e. The van der Waals surface area contributed by atoms with E-state index in [1.54, 1.807) is 0 Å². The monoisotopic (exact) mass is 301 g/mol. The molecule has 3 nitrogen and oxygen atoms in total. The molecule has 0 saturated carbocycles. The Morgan fingerprint density at radius 1 is 1.32 bits per heavy atom. The molecule has 0 aromatic heterocycles. The average Bonchev–Trinajstić information content (AvgIpc) is 2.77. The maximum Gasteiger partial charge on any atom is 0.147 e. The Balaban J connectivity index is 1.95. The Morgan fingerprint density at radius 2 is 2.00 bits per heavy atom. The van der Waals surface area contributed by atoms with E-state index in [4.69, 9.17) is 11.6 Å².